The monoisotopic (exact) mass is 621 g/mol. The highest BCUT2D eigenvalue weighted by molar-refractivity contribution is 5.91. The number of fused-ring (bicyclic) bond motifs is 3. The SMILES string of the molecule is CC(F)(c1ccc2c(c1)CCC1N(C(=O)[C@@H]3CCC(=O)N3Cc3ccc(C#N)cc3)CCC21Cc1cccc(F)c1)C(F)(F)F. The van der Waals surface area contributed by atoms with Crippen LogP contribution in [0.2, 0.25) is 0 Å². The zero-order chi connectivity index (χ0) is 32.1. The number of hydrogen-bond acceptors (Lipinski definition) is 3. The van der Waals surface area contributed by atoms with Crippen molar-refractivity contribution in [1.29, 1.82) is 5.26 Å². The first-order valence-electron chi connectivity index (χ1n) is 15.1. The van der Waals surface area contributed by atoms with Gasteiger partial charge in [0, 0.05) is 31.0 Å². The Kier molecular flexibility index (Phi) is 7.70. The smallest absolute Gasteiger partial charge is 0.337 e. The van der Waals surface area contributed by atoms with E-state index in [4.69, 9.17) is 5.26 Å². The maximum atomic E-state index is 15.0. The predicted molar refractivity (Wildman–Crippen MR) is 156 cm³/mol. The third-order valence-electron chi connectivity index (χ3n) is 9.96. The lowest BCUT2D eigenvalue weighted by Gasteiger charge is -2.44. The number of carbonyl (C=O) groups excluding carboxylic acids is 2. The molecule has 2 amide bonds. The van der Waals surface area contributed by atoms with E-state index in [1.165, 1.54) is 24.3 Å². The zero-order valence-electron chi connectivity index (χ0n) is 24.7. The number of benzene rings is 3. The number of hydrogen-bond donors (Lipinski definition) is 0. The highest BCUT2D eigenvalue weighted by Gasteiger charge is 2.56. The summed E-state index contributed by atoms with van der Waals surface area (Å²) in [5.41, 5.74) is -1.41. The van der Waals surface area contributed by atoms with E-state index in [1.54, 1.807) is 52.3 Å². The fourth-order valence-corrected chi connectivity index (χ4v) is 7.56. The van der Waals surface area contributed by atoms with E-state index >= 15 is 0 Å². The van der Waals surface area contributed by atoms with Crippen molar-refractivity contribution in [3.63, 3.8) is 0 Å². The molecule has 0 bridgehead atoms. The van der Waals surface area contributed by atoms with Gasteiger partial charge in [0.05, 0.1) is 11.6 Å². The zero-order valence-corrected chi connectivity index (χ0v) is 24.7. The van der Waals surface area contributed by atoms with Crippen molar-refractivity contribution >= 4 is 11.8 Å². The maximum Gasteiger partial charge on any atom is 0.426 e. The standard InChI is InChI=1S/C35H32F5N3O2/c1-33(37,35(38,39)40)26-10-11-28-25(18-26)9-13-30-34(28,19-24-3-2-4-27(36)17-24)15-16-42(30)32(45)29-12-14-31(44)43(29)21-23-7-5-22(20-41)6-8-23/h2-8,10-11,17-18,29-30H,9,12-16,19,21H2,1H3/t29-,30?,33?,34?/m0/s1. The molecular formula is C35H32F5N3O2. The van der Waals surface area contributed by atoms with E-state index in [1.807, 2.05) is 0 Å². The molecule has 2 fully saturated rings. The molecule has 0 saturated carbocycles. The van der Waals surface area contributed by atoms with Crippen molar-refractivity contribution in [2.45, 2.75) is 81.3 Å². The van der Waals surface area contributed by atoms with Gasteiger partial charge in [-0.15, -0.1) is 0 Å². The normalized spacial score (nSPS) is 24.2. The number of nitrogens with zero attached hydrogens (tertiary/aromatic N) is 3. The molecule has 3 unspecified atom stereocenters. The van der Waals surface area contributed by atoms with E-state index in [0.29, 0.717) is 62.3 Å². The molecule has 0 N–H and O–H groups in total. The van der Waals surface area contributed by atoms with Gasteiger partial charge in [-0.25, -0.2) is 8.78 Å². The molecule has 2 saturated heterocycles. The van der Waals surface area contributed by atoms with E-state index in [9.17, 15) is 31.5 Å². The molecule has 5 nitrogen and oxygen atoms in total. The summed E-state index contributed by atoms with van der Waals surface area (Å²) in [5, 5.41) is 9.11. The van der Waals surface area contributed by atoms with E-state index < -0.39 is 34.7 Å². The highest BCUT2D eigenvalue weighted by Crippen LogP contribution is 2.51. The molecule has 0 spiro atoms. The highest BCUT2D eigenvalue weighted by atomic mass is 19.4. The maximum absolute atomic E-state index is 15.0. The molecule has 4 atom stereocenters. The van der Waals surface area contributed by atoms with E-state index in [2.05, 4.69) is 6.07 Å². The van der Waals surface area contributed by atoms with Crippen LogP contribution in [0.1, 0.15) is 66.0 Å². The average Bonchev–Trinajstić information content (AvgIpc) is 3.56. The molecule has 6 rings (SSSR count). The topological polar surface area (TPSA) is 64.4 Å². The molecule has 0 radical (unpaired) electrons. The molecule has 2 aliphatic heterocycles. The van der Waals surface area contributed by atoms with Gasteiger partial charge in [-0.2, -0.15) is 18.4 Å². The van der Waals surface area contributed by atoms with Crippen LogP contribution in [0.4, 0.5) is 22.0 Å². The molecule has 2 heterocycles. The first-order valence-corrected chi connectivity index (χ1v) is 15.1. The van der Waals surface area contributed by atoms with Crippen LogP contribution in [0.15, 0.2) is 66.7 Å². The number of likely N-dealkylation sites (tertiary alicyclic amines) is 2. The second kappa shape index (κ2) is 11.3. The van der Waals surface area contributed by atoms with E-state index in [0.717, 1.165) is 11.1 Å². The Bertz CT molecular complexity index is 1680. The minimum atomic E-state index is -5.09. The van der Waals surface area contributed by atoms with Crippen molar-refractivity contribution < 1.29 is 31.5 Å². The van der Waals surface area contributed by atoms with Crippen LogP contribution in [0.25, 0.3) is 0 Å². The fraction of sp³-hybridized carbons (Fsp3) is 0.400. The molecule has 10 heteroatoms. The second-order valence-corrected chi connectivity index (χ2v) is 12.6. The number of rotatable bonds is 6. The summed E-state index contributed by atoms with van der Waals surface area (Å²) in [7, 11) is 0. The molecule has 0 aromatic heterocycles. The van der Waals surface area contributed by atoms with Crippen molar-refractivity contribution in [2.75, 3.05) is 6.54 Å². The lowest BCUT2D eigenvalue weighted by molar-refractivity contribution is -0.228. The Balaban J connectivity index is 1.34. The van der Waals surface area contributed by atoms with Crippen molar-refractivity contribution in [2.24, 2.45) is 0 Å². The Labute approximate surface area is 258 Å². The number of halogens is 5. The van der Waals surface area contributed by atoms with Crippen LogP contribution in [0.3, 0.4) is 0 Å². The van der Waals surface area contributed by atoms with Gasteiger partial charge >= 0.3 is 6.18 Å². The second-order valence-electron chi connectivity index (χ2n) is 12.6. The Morgan fingerprint density at radius 3 is 2.44 bits per heavy atom. The molecule has 3 aliphatic rings. The van der Waals surface area contributed by atoms with Gasteiger partial charge in [0.15, 0.2) is 0 Å². The molecule has 1 aliphatic carbocycles. The van der Waals surface area contributed by atoms with Crippen LogP contribution in [0.5, 0.6) is 0 Å². The number of aryl methyl sites for hydroxylation is 1. The largest absolute Gasteiger partial charge is 0.426 e. The third kappa shape index (κ3) is 5.36. The first-order chi connectivity index (χ1) is 21.3. The van der Waals surface area contributed by atoms with Crippen molar-refractivity contribution in [3.8, 4) is 6.07 Å². The number of nitriles is 1. The Hall–Kier alpha value is -4.26. The van der Waals surface area contributed by atoms with Gasteiger partial charge in [0.25, 0.3) is 0 Å². The summed E-state index contributed by atoms with van der Waals surface area (Å²) in [5.74, 6) is -0.739. The summed E-state index contributed by atoms with van der Waals surface area (Å²) in [6.07, 6.45) is -2.90. The van der Waals surface area contributed by atoms with Crippen LogP contribution in [-0.4, -0.2) is 46.4 Å². The number of alkyl halides is 4. The third-order valence-corrected chi connectivity index (χ3v) is 9.96. The predicted octanol–water partition coefficient (Wildman–Crippen LogP) is 6.66. The van der Waals surface area contributed by atoms with Crippen LogP contribution in [0, 0.1) is 17.1 Å². The van der Waals surface area contributed by atoms with Crippen LogP contribution >= 0.6 is 0 Å². The Morgan fingerprint density at radius 1 is 1.00 bits per heavy atom. The lowest BCUT2D eigenvalue weighted by Crippen LogP contribution is -2.53. The average molecular weight is 622 g/mol. The van der Waals surface area contributed by atoms with Gasteiger partial charge in [-0.1, -0.05) is 42.5 Å². The lowest BCUT2D eigenvalue weighted by atomic mass is 9.63. The molecular weight excluding hydrogens is 589 g/mol. The summed E-state index contributed by atoms with van der Waals surface area (Å²) in [6, 6.07) is 18.1. The first kappa shape index (κ1) is 30.8. The molecule has 3 aromatic carbocycles. The quantitative estimate of drug-likeness (QED) is 0.289. The molecule has 3 aromatic rings. The molecule has 234 valence electrons. The summed E-state index contributed by atoms with van der Waals surface area (Å²) < 4.78 is 70.1. The van der Waals surface area contributed by atoms with Crippen molar-refractivity contribution in [3.05, 3.63) is 106 Å². The van der Waals surface area contributed by atoms with Gasteiger partial charge in [0.1, 0.15) is 11.9 Å². The minimum absolute atomic E-state index is 0.136. The summed E-state index contributed by atoms with van der Waals surface area (Å²) >= 11 is 0. The molecule has 45 heavy (non-hydrogen) atoms. The van der Waals surface area contributed by atoms with Crippen LogP contribution < -0.4 is 0 Å². The number of carbonyl (C=O) groups is 2. The van der Waals surface area contributed by atoms with Crippen LogP contribution in [-0.2, 0) is 40.1 Å². The number of amides is 2. The Morgan fingerprint density at radius 2 is 1.76 bits per heavy atom. The summed E-state index contributed by atoms with van der Waals surface area (Å²) in [6.45, 7) is 1.10. The fourth-order valence-electron chi connectivity index (χ4n) is 7.56. The van der Waals surface area contributed by atoms with Gasteiger partial charge in [-0.05, 0) is 91.1 Å². The van der Waals surface area contributed by atoms with E-state index in [-0.39, 0.29) is 30.8 Å². The summed E-state index contributed by atoms with van der Waals surface area (Å²) in [4.78, 5) is 30.6. The minimum Gasteiger partial charge on any atom is -0.337 e. The van der Waals surface area contributed by atoms with Crippen molar-refractivity contribution in [1.82, 2.24) is 9.80 Å². The van der Waals surface area contributed by atoms with Gasteiger partial charge in [-0.3, -0.25) is 9.59 Å². The van der Waals surface area contributed by atoms with Gasteiger partial charge < -0.3 is 9.80 Å². The van der Waals surface area contributed by atoms with Gasteiger partial charge in [0.2, 0.25) is 17.5 Å².